The molecule has 2 saturated heterocycles. The van der Waals surface area contributed by atoms with Crippen molar-refractivity contribution < 1.29 is 0 Å². The van der Waals surface area contributed by atoms with Gasteiger partial charge in [-0.05, 0) is 50.5 Å². The highest BCUT2D eigenvalue weighted by molar-refractivity contribution is 5.04. The van der Waals surface area contributed by atoms with Gasteiger partial charge in [-0.1, -0.05) is 6.92 Å². The number of nitrogens with zero attached hydrogens (tertiary/aromatic N) is 1. The predicted molar refractivity (Wildman–Crippen MR) is 50.0 cm³/mol. The van der Waals surface area contributed by atoms with Crippen LogP contribution in [0.2, 0.25) is 0 Å². The Morgan fingerprint density at radius 1 is 1.08 bits per heavy atom. The molecule has 4 fully saturated rings. The highest BCUT2D eigenvalue weighted by Gasteiger charge is 2.50. The summed E-state index contributed by atoms with van der Waals surface area (Å²) in [4.78, 5) is 2.66. The van der Waals surface area contributed by atoms with Crippen molar-refractivity contribution >= 4 is 0 Å². The van der Waals surface area contributed by atoms with Crippen LogP contribution < -0.4 is 0 Å². The molecule has 68 valence electrons. The third-order valence-electron chi connectivity index (χ3n) is 4.60. The molecule has 4 aliphatic rings. The smallest absolute Gasteiger partial charge is 0.0103 e. The normalized spacial score (nSPS) is 58.0. The summed E-state index contributed by atoms with van der Waals surface area (Å²) in [6.07, 6.45) is 7.51. The summed E-state index contributed by atoms with van der Waals surface area (Å²) in [5.41, 5.74) is 0.739. The van der Waals surface area contributed by atoms with E-state index in [9.17, 15) is 0 Å². The van der Waals surface area contributed by atoms with Gasteiger partial charge in [0.25, 0.3) is 0 Å². The Bertz CT molecular complexity index is 195. The Labute approximate surface area is 75.1 Å². The lowest BCUT2D eigenvalue weighted by molar-refractivity contribution is -0.0878. The Kier molecular flexibility index (Phi) is 1.27. The van der Waals surface area contributed by atoms with Gasteiger partial charge in [0.1, 0.15) is 0 Å². The van der Waals surface area contributed by atoms with Crippen molar-refractivity contribution in [1.29, 1.82) is 0 Å². The van der Waals surface area contributed by atoms with Crippen molar-refractivity contribution in [2.75, 3.05) is 7.05 Å². The second-order valence-electron chi connectivity index (χ2n) is 5.73. The monoisotopic (exact) mass is 165 g/mol. The average Bonchev–Trinajstić information content (AvgIpc) is 1.96. The molecule has 0 aromatic rings. The average molecular weight is 165 g/mol. The zero-order valence-electron chi connectivity index (χ0n) is 8.21. The Balaban J connectivity index is 1.95. The van der Waals surface area contributed by atoms with E-state index in [1.807, 2.05) is 0 Å². The van der Waals surface area contributed by atoms with E-state index in [0.29, 0.717) is 0 Å². The van der Waals surface area contributed by atoms with E-state index in [2.05, 4.69) is 18.9 Å². The molecule has 2 saturated carbocycles. The fraction of sp³-hybridized carbons (Fsp3) is 1.00. The molecule has 0 N–H and O–H groups in total. The van der Waals surface area contributed by atoms with E-state index in [-0.39, 0.29) is 0 Å². The minimum Gasteiger partial charge on any atom is -0.300 e. The van der Waals surface area contributed by atoms with E-state index in [4.69, 9.17) is 0 Å². The zero-order valence-corrected chi connectivity index (χ0v) is 8.21. The molecular weight excluding hydrogens is 146 g/mol. The third-order valence-corrected chi connectivity index (χ3v) is 4.60. The number of hydrogen-bond acceptors (Lipinski definition) is 1. The van der Waals surface area contributed by atoms with E-state index < -0.39 is 0 Å². The fourth-order valence-corrected chi connectivity index (χ4v) is 4.20. The molecule has 2 aliphatic heterocycles. The first-order valence-corrected chi connectivity index (χ1v) is 5.38. The summed E-state index contributed by atoms with van der Waals surface area (Å²) in [6, 6.07) is 1.89. The van der Waals surface area contributed by atoms with Crippen molar-refractivity contribution in [3.05, 3.63) is 0 Å². The molecule has 1 heteroatoms. The van der Waals surface area contributed by atoms with Gasteiger partial charge in [0.2, 0.25) is 0 Å². The van der Waals surface area contributed by atoms with E-state index >= 15 is 0 Å². The van der Waals surface area contributed by atoms with E-state index in [0.717, 1.165) is 23.4 Å². The summed E-state index contributed by atoms with van der Waals surface area (Å²) in [5.74, 6) is 1.09. The molecule has 0 aromatic heterocycles. The molecule has 2 unspecified atom stereocenters. The van der Waals surface area contributed by atoms with Gasteiger partial charge in [0, 0.05) is 12.1 Å². The maximum Gasteiger partial charge on any atom is 0.0103 e. The second kappa shape index (κ2) is 2.06. The summed E-state index contributed by atoms with van der Waals surface area (Å²) < 4.78 is 0. The van der Waals surface area contributed by atoms with Crippen LogP contribution in [0.25, 0.3) is 0 Å². The lowest BCUT2D eigenvalue weighted by Gasteiger charge is -2.60. The topological polar surface area (TPSA) is 3.24 Å². The van der Waals surface area contributed by atoms with Gasteiger partial charge in [0.05, 0.1) is 0 Å². The van der Waals surface area contributed by atoms with E-state index in [1.54, 1.807) is 0 Å². The molecule has 1 nitrogen and oxygen atoms in total. The van der Waals surface area contributed by atoms with Crippen molar-refractivity contribution in [2.24, 2.45) is 11.3 Å². The quantitative estimate of drug-likeness (QED) is 0.532. The van der Waals surface area contributed by atoms with Crippen molar-refractivity contribution in [1.82, 2.24) is 4.90 Å². The molecule has 2 atom stereocenters. The Morgan fingerprint density at radius 2 is 1.67 bits per heavy atom. The van der Waals surface area contributed by atoms with Crippen LogP contribution in [0.5, 0.6) is 0 Å². The van der Waals surface area contributed by atoms with E-state index in [1.165, 1.54) is 32.1 Å². The van der Waals surface area contributed by atoms with Crippen molar-refractivity contribution in [2.45, 2.75) is 51.1 Å². The predicted octanol–water partition coefficient (Wildman–Crippen LogP) is 2.27. The van der Waals surface area contributed by atoms with Crippen LogP contribution >= 0.6 is 0 Å². The molecule has 2 heterocycles. The first-order valence-electron chi connectivity index (χ1n) is 5.38. The fourth-order valence-electron chi connectivity index (χ4n) is 4.20. The van der Waals surface area contributed by atoms with Crippen LogP contribution in [0.3, 0.4) is 0 Å². The minimum atomic E-state index is 0.739. The maximum atomic E-state index is 2.66. The summed E-state index contributed by atoms with van der Waals surface area (Å²) >= 11 is 0. The maximum absolute atomic E-state index is 2.66. The number of hydrogen-bond donors (Lipinski definition) is 0. The molecular formula is C11H19N. The minimum absolute atomic E-state index is 0.739. The van der Waals surface area contributed by atoms with Gasteiger partial charge in [-0.25, -0.2) is 0 Å². The SMILES string of the molecule is CN1C2CC3CC1CC(C)(C3)C2. The zero-order chi connectivity index (χ0) is 8.34. The second-order valence-corrected chi connectivity index (χ2v) is 5.73. The Morgan fingerprint density at radius 3 is 2.17 bits per heavy atom. The van der Waals surface area contributed by atoms with Crippen LogP contribution in [0, 0.1) is 11.3 Å². The molecule has 4 bridgehead atoms. The largest absolute Gasteiger partial charge is 0.300 e. The van der Waals surface area contributed by atoms with Gasteiger partial charge in [-0.15, -0.1) is 0 Å². The molecule has 2 aliphatic carbocycles. The van der Waals surface area contributed by atoms with Crippen molar-refractivity contribution in [3.8, 4) is 0 Å². The molecule has 0 aromatic carbocycles. The van der Waals surface area contributed by atoms with Crippen LogP contribution in [-0.4, -0.2) is 24.0 Å². The van der Waals surface area contributed by atoms with Gasteiger partial charge in [-0.3, -0.25) is 0 Å². The van der Waals surface area contributed by atoms with Crippen LogP contribution in [0.1, 0.15) is 39.0 Å². The molecule has 12 heavy (non-hydrogen) atoms. The van der Waals surface area contributed by atoms with Gasteiger partial charge in [0.15, 0.2) is 0 Å². The molecule has 0 radical (unpaired) electrons. The number of piperidine rings is 2. The standard InChI is InChI=1S/C11H19N/c1-11-5-8-3-9(6-11)12(2)10(4-8)7-11/h8-10H,3-7H2,1-2H3. The number of rotatable bonds is 0. The first-order chi connectivity index (χ1) is 5.66. The van der Waals surface area contributed by atoms with Gasteiger partial charge < -0.3 is 4.90 Å². The third kappa shape index (κ3) is 0.834. The summed E-state index contributed by atoms with van der Waals surface area (Å²) in [7, 11) is 2.34. The van der Waals surface area contributed by atoms with Gasteiger partial charge in [-0.2, -0.15) is 0 Å². The molecule has 4 rings (SSSR count). The van der Waals surface area contributed by atoms with Crippen molar-refractivity contribution in [3.63, 3.8) is 0 Å². The lowest BCUT2D eigenvalue weighted by Crippen LogP contribution is -2.59. The van der Waals surface area contributed by atoms with Crippen LogP contribution in [0.15, 0.2) is 0 Å². The highest BCUT2D eigenvalue weighted by Crippen LogP contribution is 2.55. The first kappa shape index (κ1) is 7.37. The highest BCUT2D eigenvalue weighted by atomic mass is 15.2. The lowest BCUT2D eigenvalue weighted by atomic mass is 9.56. The van der Waals surface area contributed by atoms with Crippen LogP contribution in [-0.2, 0) is 0 Å². The molecule has 0 amide bonds. The van der Waals surface area contributed by atoms with Crippen LogP contribution in [0.4, 0.5) is 0 Å². The summed E-state index contributed by atoms with van der Waals surface area (Å²) in [6.45, 7) is 2.52. The Hall–Kier alpha value is -0.0400. The summed E-state index contributed by atoms with van der Waals surface area (Å²) in [5, 5.41) is 0. The molecule has 0 spiro atoms. The van der Waals surface area contributed by atoms with Gasteiger partial charge >= 0.3 is 0 Å².